The van der Waals surface area contributed by atoms with Gasteiger partial charge in [0.05, 0.1) is 9.84 Å². The first-order valence-corrected chi connectivity index (χ1v) is 16.7. The number of rotatable bonds is 10. The Balaban J connectivity index is 2.54. The number of hydrogen-bond donors (Lipinski definition) is 1. The van der Waals surface area contributed by atoms with Crippen molar-refractivity contribution in [1.29, 1.82) is 0 Å². The molecule has 2 aromatic rings. The number of allylic oxidation sites excluding steroid dienone is 1. The molecule has 0 aliphatic heterocycles. The first-order valence-electron chi connectivity index (χ1n) is 15.1. The number of benzene rings is 2. The summed E-state index contributed by atoms with van der Waals surface area (Å²) in [7, 11) is 0. The number of thioether (sulfide) groups is 2. The third kappa shape index (κ3) is 10.7. The van der Waals surface area contributed by atoms with Crippen LogP contribution in [0.2, 0.25) is 0 Å². The summed E-state index contributed by atoms with van der Waals surface area (Å²) in [5, 5.41) is 9.06. The molecule has 0 atom stereocenters. The molecule has 2 rings (SSSR count). The molecule has 0 amide bonds. The number of carboxylic acids is 1. The second kappa shape index (κ2) is 13.0. The third-order valence-corrected chi connectivity index (χ3v) is 9.56. The molecule has 5 heteroatoms. The summed E-state index contributed by atoms with van der Waals surface area (Å²) in [4.78, 5) is 13.5. The van der Waals surface area contributed by atoms with Crippen molar-refractivity contribution in [1.82, 2.24) is 0 Å². The van der Waals surface area contributed by atoms with E-state index in [9.17, 15) is 4.79 Å². The van der Waals surface area contributed by atoms with Crippen LogP contribution >= 0.6 is 23.5 Å². The minimum absolute atomic E-state index is 0.0739. The minimum Gasteiger partial charge on any atom is -0.481 e. The summed E-state index contributed by atoms with van der Waals surface area (Å²) < 4.78 is 6.35. The Morgan fingerprint density at radius 1 is 0.667 bits per heavy atom. The van der Waals surface area contributed by atoms with Crippen molar-refractivity contribution in [3.05, 3.63) is 64.9 Å². The topological polar surface area (TPSA) is 46.5 Å². The molecule has 0 aromatic heterocycles. The molecule has 42 heavy (non-hydrogen) atoms. The average Bonchev–Trinajstić information content (AvgIpc) is 2.76. The zero-order chi connectivity index (χ0) is 32.5. The lowest BCUT2D eigenvalue weighted by Crippen LogP contribution is -2.20. The molecule has 0 spiro atoms. The summed E-state index contributed by atoms with van der Waals surface area (Å²) >= 11 is 3.82. The molecule has 0 radical (unpaired) electrons. The molecule has 1 N–H and O–H groups in total. The zero-order valence-electron chi connectivity index (χ0n) is 28.8. The standard InChI is InChI=1S/C37H56O3S2/c1-24(17-16-18-31(38)39)40-32-29(35(8,9)10)22-28(23-30(32)36(11,12)13)42-37(14,15)41-27-20-25(33(2,3)4)19-26(21-27)34(5,6)7/h19-23H,1,16-18H2,2-15H3,(H,38,39). The van der Waals surface area contributed by atoms with Gasteiger partial charge in [-0.15, -0.1) is 23.5 Å². The maximum Gasteiger partial charge on any atom is 0.303 e. The smallest absolute Gasteiger partial charge is 0.303 e. The minimum atomic E-state index is -0.796. The predicted molar refractivity (Wildman–Crippen MR) is 185 cm³/mol. The fourth-order valence-electron chi connectivity index (χ4n) is 4.63. The lowest BCUT2D eigenvalue weighted by atomic mass is 9.79. The fourth-order valence-corrected chi connectivity index (χ4v) is 7.23. The lowest BCUT2D eigenvalue weighted by Gasteiger charge is -2.32. The Morgan fingerprint density at radius 3 is 1.43 bits per heavy atom. The van der Waals surface area contributed by atoms with Gasteiger partial charge in [0.1, 0.15) is 5.75 Å². The van der Waals surface area contributed by atoms with Crippen molar-refractivity contribution >= 4 is 29.5 Å². The Kier molecular flexibility index (Phi) is 11.3. The molecule has 0 fully saturated rings. The summed E-state index contributed by atoms with van der Waals surface area (Å²) in [6.45, 7) is 35.8. The van der Waals surface area contributed by atoms with Crippen LogP contribution < -0.4 is 4.74 Å². The molecule has 2 aromatic carbocycles. The van der Waals surface area contributed by atoms with Gasteiger partial charge in [0.15, 0.2) is 0 Å². The normalized spacial score (nSPS) is 13.3. The largest absolute Gasteiger partial charge is 0.481 e. The van der Waals surface area contributed by atoms with Crippen LogP contribution in [0.5, 0.6) is 5.75 Å². The van der Waals surface area contributed by atoms with Gasteiger partial charge < -0.3 is 9.84 Å². The van der Waals surface area contributed by atoms with E-state index in [4.69, 9.17) is 9.84 Å². The van der Waals surface area contributed by atoms with Crippen LogP contribution in [0.4, 0.5) is 0 Å². The molecule has 0 heterocycles. The van der Waals surface area contributed by atoms with Gasteiger partial charge in [-0.2, -0.15) is 0 Å². The maximum atomic E-state index is 11.0. The van der Waals surface area contributed by atoms with Crippen molar-refractivity contribution in [2.75, 3.05) is 0 Å². The van der Waals surface area contributed by atoms with E-state index < -0.39 is 5.97 Å². The van der Waals surface area contributed by atoms with E-state index in [1.54, 1.807) is 0 Å². The number of ether oxygens (including phenoxy) is 1. The Morgan fingerprint density at radius 2 is 1.07 bits per heavy atom. The van der Waals surface area contributed by atoms with E-state index in [0.29, 0.717) is 18.6 Å². The first-order chi connectivity index (χ1) is 18.8. The highest BCUT2D eigenvalue weighted by atomic mass is 32.2. The summed E-state index contributed by atoms with van der Waals surface area (Å²) in [5.74, 6) is 0.671. The van der Waals surface area contributed by atoms with Crippen LogP contribution in [-0.2, 0) is 26.5 Å². The number of hydrogen-bond acceptors (Lipinski definition) is 4. The molecule has 0 saturated carbocycles. The monoisotopic (exact) mass is 612 g/mol. The van der Waals surface area contributed by atoms with Crippen molar-refractivity contribution in [3.8, 4) is 5.75 Å². The highest BCUT2D eigenvalue weighted by Crippen LogP contribution is 2.50. The van der Waals surface area contributed by atoms with E-state index in [-0.39, 0.29) is 32.2 Å². The SMILES string of the molecule is C=C(CCCC(=O)O)Oc1c(C(C)(C)C)cc(SC(C)(C)Sc2cc(C(C)(C)C)cc(C(C)(C)C)c2)cc1C(C)(C)C. The van der Waals surface area contributed by atoms with Gasteiger partial charge in [-0.3, -0.25) is 4.79 Å². The number of carbonyl (C=O) groups is 1. The van der Waals surface area contributed by atoms with E-state index >= 15 is 0 Å². The lowest BCUT2D eigenvalue weighted by molar-refractivity contribution is -0.137. The average molecular weight is 613 g/mol. The third-order valence-electron chi connectivity index (χ3n) is 7.14. The van der Waals surface area contributed by atoms with Crippen molar-refractivity contribution in [2.45, 2.75) is 152 Å². The van der Waals surface area contributed by atoms with Gasteiger partial charge in [0, 0.05) is 33.8 Å². The molecule has 0 saturated heterocycles. The Bertz CT molecular complexity index is 1210. The van der Waals surface area contributed by atoms with Gasteiger partial charge in [0.2, 0.25) is 0 Å². The van der Waals surface area contributed by atoms with Crippen LogP contribution in [0.15, 0.2) is 52.5 Å². The van der Waals surface area contributed by atoms with Crippen LogP contribution in [0.3, 0.4) is 0 Å². The molecule has 3 nitrogen and oxygen atoms in total. The van der Waals surface area contributed by atoms with Gasteiger partial charge in [-0.1, -0.05) is 95.7 Å². The zero-order valence-corrected chi connectivity index (χ0v) is 30.4. The Labute approximate surface area is 265 Å². The molecule has 234 valence electrons. The second-order valence-corrected chi connectivity index (χ2v) is 19.7. The van der Waals surface area contributed by atoms with Gasteiger partial charge in [0.25, 0.3) is 0 Å². The highest BCUT2D eigenvalue weighted by molar-refractivity contribution is 8.18. The maximum absolute atomic E-state index is 11.0. The van der Waals surface area contributed by atoms with Gasteiger partial charge in [-0.05, 0) is 77.3 Å². The number of aliphatic carboxylic acids is 1. The quantitative estimate of drug-likeness (QED) is 0.164. The number of carboxylic acid groups (broad SMARTS) is 1. The van der Waals surface area contributed by atoms with E-state index in [0.717, 1.165) is 16.9 Å². The van der Waals surface area contributed by atoms with E-state index in [1.165, 1.54) is 20.9 Å². The molecule has 0 aliphatic carbocycles. The summed E-state index contributed by atoms with van der Waals surface area (Å²) in [6.07, 6.45) is 1.14. The summed E-state index contributed by atoms with van der Waals surface area (Å²) in [6, 6.07) is 11.7. The van der Waals surface area contributed by atoms with E-state index in [1.807, 2.05) is 23.5 Å². The van der Waals surface area contributed by atoms with Crippen LogP contribution in [0, 0.1) is 0 Å². The molecule has 0 unspecified atom stereocenters. The van der Waals surface area contributed by atoms with E-state index in [2.05, 4.69) is 134 Å². The van der Waals surface area contributed by atoms with Crippen LogP contribution in [0.1, 0.15) is 138 Å². The van der Waals surface area contributed by atoms with Gasteiger partial charge >= 0.3 is 5.97 Å². The molecular weight excluding hydrogens is 557 g/mol. The van der Waals surface area contributed by atoms with Crippen molar-refractivity contribution in [3.63, 3.8) is 0 Å². The predicted octanol–water partition coefficient (Wildman–Crippen LogP) is 11.6. The molecule has 0 bridgehead atoms. The molecular formula is C37H56O3S2. The van der Waals surface area contributed by atoms with Crippen molar-refractivity contribution < 1.29 is 14.6 Å². The Hall–Kier alpha value is -1.85. The van der Waals surface area contributed by atoms with Crippen LogP contribution in [-0.4, -0.2) is 15.2 Å². The second-order valence-electron chi connectivity index (χ2n) is 16.1. The molecule has 0 aliphatic rings. The van der Waals surface area contributed by atoms with Crippen molar-refractivity contribution in [2.24, 2.45) is 0 Å². The highest BCUT2D eigenvalue weighted by Gasteiger charge is 2.31. The van der Waals surface area contributed by atoms with Crippen LogP contribution in [0.25, 0.3) is 0 Å². The summed E-state index contributed by atoms with van der Waals surface area (Å²) in [5.41, 5.74) is 4.85. The van der Waals surface area contributed by atoms with Gasteiger partial charge in [-0.25, -0.2) is 0 Å². The fraction of sp³-hybridized carbons (Fsp3) is 0.595. The first kappa shape index (κ1) is 36.3.